The van der Waals surface area contributed by atoms with Crippen molar-refractivity contribution in [1.29, 1.82) is 0 Å². The smallest absolute Gasteiger partial charge is 0.293 e. The minimum absolute atomic E-state index is 0.113. The molecule has 19 heavy (non-hydrogen) atoms. The minimum atomic E-state index is -0.500. The molecular weight excluding hydrogens is 250 g/mol. The van der Waals surface area contributed by atoms with Crippen molar-refractivity contribution >= 4 is 22.3 Å². The number of aromatic nitrogens is 2. The first-order chi connectivity index (χ1) is 9.15. The molecule has 0 bridgehead atoms. The highest BCUT2D eigenvalue weighted by atomic mass is 16.6. The van der Waals surface area contributed by atoms with Crippen molar-refractivity contribution in [3.8, 4) is 0 Å². The average Bonchev–Trinajstić information content (AvgIpc) is 2.33. The van der Waals surface area contributed by atoms with Crippen LogP contribution in [-0.2, 0) is 0 Å². The Balaban J connectivity index is 2.15. The standard InChI is InChI=1S/C11H11N5O3/c17-11-7-1-10(16(18)19)9(15-6-3-12-4-6)2-8(7)13-5-14-11/h1-2,5-6,12,15H,3-4H2,(H,13,14,17). The van der Waals surface area contributed by atoms with Crippen LogP contribution in [0.2, 0.25) is 0 Å². The van der Waals surface area contributed by atoms with Crippen molar-refractivity contribution in [1.82, 2.24) is 15.3 Å². The zero-order chi connectivity index (χ0) is 13.4. The van der Waals surface area contributed by atoms with E-state index < -0.39 is 4.92 Å². The van der Waals surface area contributed by atoms with Crippen molar-refractivity contribution in [2.75, 3.05) is 18.4 Å². The molecule has 1 aliphatic rings. The Kier molecular flexibility index (Phi) is 2.64. The van der Waals surface area contributed by atoms with Crippen molar-refractivity contribution in [2.45, 2.75) is 6.04 Å². The monoisotopic (exact) mass is 261 g/mol. The summed E-state index contributed by atoms with van der Waals surface area (Å²) in [5, 5.41) is 17.5. The van der Waals surface area contributed by atoms with Crippen molar-refractivity contribution in [2.24, 2.45) is 0 Å². The number of aromatic amines is 1. The van der Waals surface area contributed by atoms with Gasteiger partial charge >= 0.3 is 0 Å². The highest BCUT2D eigenvalue weighted by Crippen LogP contribution is 2.28. The fourth-order valence-corrected chi connectivity index (χ4v) is 1.98. The molecule has 3 N–H and O–H groups in total. The van der Waals surface area contributed by atoms with Gasteiger partial charge in [-0.2, -0.15) is 0 Å². The Labute approximate surface area is 107 Å². The molecule has 1 fully saturated rings. The second-order valence-electron chi connectivity index (χ2n) is 4.37. The number of nitro groups is 1. The van der Waals surface area contributed by atoms with Crippen LogP contribution in [0.5, 0.6) is 0 Å². The van der Waals surface area contributed by atoms with Crippen LogP contribution in [0.1, 0.15) is 0 Å². The van der Waals surface area contributed by atoms with Gasteiger partial charge in [0.1, 0.15) is 5.69 Å². The Morgan fingerprint density at radius 1 is 1.42 bits per heavy atom. The fourth-order valence-electron chi connectivity index (χ4n) is 1.98. The predicted molar refractivity (Wildman–Crippen MR) is 69.3 cm³/mol. The van der Waals surface area contributed by atoms with Crippen molar-refractivity contribution < 1.29 is 4.92 Å². The summed E-state index contributed by atoms with van der Waals surface area (Å²) < 4.78 is 0. The fraction of sp³-hybridized carbons (Fsp3) is 0.273. The van der Waals surface area contributed by atoms with Gasteiger partial charge in [0.15, 0.2) is 0 Å². The maximum absolute atomic E-state index is 11.6. The largest absolute Gasteiger partial charge is 0.374 e. The first-order valence-corrected chi connectivity index (χ1v) is 5.78. The molecule has 2 aromatic rings. The van der Waals surface area contributed by atoms with Gasteiger partial charge in [0.2, 0.25) is 0 Å². The Morgan fingerprint density at radius 3 is 2.84 bits per heavy atom. The molecule has 1 aliphatic heterocycles. The molecule has 1 aromatic heterocycles. The molecule has 0 amide bonds. The number of nitro benzene ring substituents is 1. The lowest BCUT2D eigenvalue weighted by Crippen LogP contribution is -2.51. The van der Waals surface area contributed by atoms with E-state index in [1.807, 2.05) is 0 Å². The molecular formula is C11H11N5O3. The first kappa shape index (κ1) is 11.6. The summed E-state index contributed by atoms with van der Waals surface area (Å²) in [5.74, 6) is 0. The summed E-state index contributed by atoms with van der Waals surface area (Å²) in [4.78, 5) is 28.6. The number of rotatable bonds is 3. The number of fused-ring (bicyclic) bond motifs is 1. The molecule has 0 aliphatic carbocycles. The third kappa shape index (κ3) is 2.02. The number of benzene rings is 1. The first-order valence-electron chi connectivity index (χ1n) is 5.78. The van der Waals surface area contributed by atoms with E-state index in [1.54, 1.807) is 6.07 Å². The van der Waals surface area contributed by atoms with Gasteiger partial charge in [-0.15, -0.1) is 0 Å². The molecule has 0 atom stereocenters. The highest BCUT2D eigenvalue weighted by molar-refractivity contribution is 5.86. The van der Waals surface area contributed by atoms with E-state index >= 15 is 0 Å². The predicted octanol–water partition coefficient (Wildman–Crippen LogP) is 0.215. The molecule has 8 heteroatoms. The van der Waals surface area contributed by atoms with Gasteiger partial charge < -0.3 is 15.6 Å². The Hall–Kier alpha value is -2.48. The summed E-state index contributed by atoms with van der Waals surface area (Å²) >= 11 is 0. The molecule has 8 nitrogen and oxygen atoms in total. The molecule has 2 heterocycles. The van der Waals surface area contributed by atoms with Crippen LogP contribution < -0.4 is 16.2 Å². The van der Waals surface area contributed by atoms with E-state index in [2.05, 4.69) is 20.6 Å². The van der Waals surface area contributed by atoms with E-state index in [0.717, 1.165) is 13.1 Å². The van der Waals surface area contributed by atoms with Crippen LogP contribution >= 0.6 is 0 Å². The third-order valence-corrected chi connectivity index (χ3v) is 3.10. The Bertz CT molecular complexity index is 707. The summed E-state index contributed by atoms with van der Waals surface area (Å²) in [5.41, 5.74) is 0.328. The topological polar surface area (TPSA) is 113 Å². The van der Waals surface area contributed by atoms with Crippen LogP contribution in [0.15, 0.2) is 23.3 Å². The molecule has 3 rings (SSSR count). The van der Waals surface area contributed by atoms with Gasteiger partial charge in [-0.3, -0.25) is 14.9 Å². The maximum Gasteiger partial charge on any atom is 0.293 e. The van der Waals surface area contributed by atoms with E-state index in [-0.39, 0.29) is 22.7 Å². The number of nitrogens with zero attached hydrogens (tertiary/aromatic N) is 2. The molecule has 0 radical (unpaired) electrons. The van der Waals surface area contributed by atoms with E-state index in [4.69, 9.17) is 0 Å². The molecule has 0 saturated carbocycles. The van der Waals surface area contributed by atoms with Crippen LogP contribution in [0, 0.1) is 10.1 Å². The summed E-state index contributed by atoms with van der Waals surface area (Å²) in [6.07, 6.45) is 1.28. The van der Waals surface area contributed by atoms with Gasteiger partial charge in [0.25, 0.3) is 11.2 Å². The number of hydrogen-bond donors (Lipinski definition) is 3. The second kappa shape index (κ2) is 4.32. The number of H-pyrrole nitrogens is 1. The molecule has 0 spiro atoms. The van der Waals surface area contributed by atoms with E-state index in [0.29, 0.717) is 11.2 Å². The van der Waals surface area contributed by atoms with Gasteiger partial charge in [0.05, 0.1) is 28.2 Å². The van der Waals surface area contributed by atoms with Crippen LogP contribution in [-0.4, -0.2) is 34.0 Å². The normalized spacial score (nSPS) is 15.2. The molecule has 98 valence electrons. The van der Waals surface area contributed by atoms with Gasteiger partial charge in [0, 0.05) is 19.2 Å². The number of nitrogens with one attached hydrogen (secondary N) is 3. The van der Waals surface area contributed by atoms with E-state index in [9.17, 15) is 14.9 Å². The van der Waals surface area contributed by atoms with E-state index in [1.165, 1.54) is 12.4 Å². The highest BCUT2D eigenvalue weighted by Gasteiger charge is 2.22. The summed E-state index contributed by atoms with van der Waals surface area (Å²) in [7, 11) is 0. The quantitative estimate of drug-likeness (QED) is 0.538. The minimum Gasteiger partial charge on any atom is -0.374 e. The van der Waals surface area contributed by atoms with Crippen LogP contribution in [0.3, 0.4) is 0 Å². The molecule has 0 unspecified atom stereocenters. The SMILES string of the molecule is O=c1[nH]cnc2cc(NC3CNC3)c([N+](=O)[O-])cc12. The van der Waals surface area contributed by atoms with Crippen molar-refractivity contribution in [3.05, 3.63) is 38.9 Å². The van der Waals surface area contributed by atoms with Gasteiger partial charge in [-0.05, 0) is 6.07 Å². The van der Waals surface area contributed by atoms with Gasteiger partial charge in [-0.25, -0.2) is 4.98 Å². The third-order valence-electron chi connectivity index (χ3n) is 3.10. The lowest BCUT2D eigenvalue weighted by atomic mass is 10.1. The summed E-state index contributed by atoms with van der Waals surface area (Å²) in [6.45, 7) is 1.52. The van der Waals surface area contributed by atoms with Crippen LogP contribution in [0.4, 0.5) is 11.4 Å². The van der Waals surface area contributed by atoms with Gasteiger partial charge in [-0.1, -0.05) is 0 Å². The number of anilines is 1. The zero-order valence-corrected chi connectivity index (χ0v) is 9.84. The van der Waals surface area contributed by atoms with Crippen LogP contribution in [0.25, 0.3) is 10.9 Å². The lowest BCUT2D eigenvalue weighted by molar-refractivity contribution is -0.383. The molecule has 1 aromatic carbocycles. The summed E-state index contributed by atoms with van der Waals surface area (Å²) in [6, 6.07) is 2.97. The average molecular weight is 261 g/mol. The Morgan fingerprint density at radius 2 is 2.21 bits per heavy atom. The second-order valence-corrected chi connectivity index (χ2v) is 4.37. The maximum atomic E-state index is 11.6. The lowest BCUT2D eigenvalue weighted by Gasteiger charge is -2.28. The zero-order valence-electron chi connectivity index (χ0n) is 9.84. The van der Waals surface area contributed by atoms with Crippen molar-refractivity contribution in [3.63, 3.8) is 0 Å². The molecule has 1 saturated heterocycles. The number of hydrogen-bond acceptors (Lipinski definition) is 6.